The van der Waals surface area contributed by atoms with E-state index in [0.717, 1.165) is 96.7 Å². The molecule has 15 rings (SSSR count). The van der Waals surface area contributed by atoms with Gasteiger partial charge in [-0.1, -0.05) is 7.43 Å². The number of likely N-dealkylation sites (tertiary alicyclic amines) is 2. The zero-order chi connectivity index (χ0) is 104. The second kappa shape index (κ2) is 58.5. The van der Waals surface area contributed by atoms with E-state index in [1.54, 1.807) is 165 Å². The largest absolute Gasteiger partial charge is 0.508 e. The standard InChI is InChI=1S/C30H36N2O6.C20H17NO6.C20H19NO4.C13H10FNO4.C10H17NO3.C7H8O2.C6H3F2NO2.CH4.CH3.Pd/c1-30(2,3)38-29(33)32-18-6-7-21(32)20-31-27-17-16-26(36-24-12-8-22(34-4)9-13-24)19-28(27)37-25-14-10-23(35-5)11-15-25;1-24-14-3-7-16(8-4-14)26-18-11-12-19(21(22)23)20(13-18)27-17-9-5-15(25-2)6-10-17;1-22-14-3-7-16(8-4-14)24-18-11-12-19(21)20(13-18)25-17-9-5-15(23-2)6-10-17;1-18-10-3-5-11(6-4-10)19-13-8-9(14)2-7-12(13)15(16)17;1-10(2,3)14-9(13)11-6-4-5-8(11)7-12;1-9-7-4-2-6(8)3-5-7;7-4-1-2-6(9(10)11)5(8)3-4;;;/h8-17,19,21,31H,6-7,18,20H2,1-5H3;3-13H,1-2H3;3-13H,21H2,1-2H3;2-8H,1H3;7-8H,4-6H2,1-3H3;2-5,8H,1H3;1-3H;1H4;1H3;/q;;;;;;;;-1;/t21-;;;;8-;;;;;/m0...0...../s1. The number of amides is 2. The quantitative estimate of drug-likeness (QED) is 0.00978. The second-order valence-corrected chi connectivity index (χ2v) is 32.5. The van der Waals surface area contributed by atoms with Crippen LogP contribution in [0.2, 0.25) is 0 Å². The summed E-state index contributed by atoms with van der Waals surface area (Å²) in [6.45, 7) is 13.0. The van der Waals surface area contributed by atoms with Crippen LogP contribution in [0.4, 0.5) is 51.2 Å². The molecule has 0 aromatic heterocycles. The number of anilines is 2. The van der Waals surface area contributed by atoms with E-state index < -0.39 is 49.1 Å². The van der Waals surface area contributed by atoms with Crippen molar-refractivity contribution < 1.29 is 148 Å². The van der Waals surface area contributed by atoms with E-state index in [4.69, 9.17) is 91.4 Å². The smallest absolute Gasteiger partial charge is 0.410 e. The van der Waals surface area contributed by atoms with Gasteiger partial charge in [0.25, 0.3) is 0 Å². The normalized spacial score (nSPS) is 12.3. The molecule has 0 spiro atoms. The van der Waals surface area contributed by atoms with Crippen molar-refractivity contribution in [3.63, 3.8) is 0 Å². The maximum absolute atomic E-state index is 13.1. The van der Waals surface area contributed by atoms with Gasteiger partial charge in [-0.3, -0.25) is 35.2 Å². The van der Waals surface area contributed by atoms with Gasteiger partial charge in [-0.05, 0) is 304 Å². The van der Waals surface area contributed by atoms with Crippen molar-refractivity contribution in [1.82, 2.24) is 9.80 Å². The molecule has 0 saturated carbocycles. The molecule has 2 amide bonds. The van der Waals surface area contributed by atoms with Crippen LogP contribution in [0.1, 0.15) is 74.7 Å². The van der Waals surface area contributed by atoms with Crippen molar-refractivity contribution in [2.24, 2.45) is 0 Å². The molecule has 34 nitrogen and oxygen atoms in total. The Morgan fingerprint density at radius 2 is 0.651 bits per heavy atom. The topological polar surface area (TPSA) is 402 Å². The van der Waals surface area contributed by atoms with Gasteiger partial charge in [0.15, 0.2) is 11.5 Å². The average Bonchev–Trinajstić information content (AvgIpc) is 1.47. The number of rotatable bonds is 29. The van der Waals surface area contributed by atoms with Gasteiger partial charge in [0.05, 0.1) is 95.1 Å². The van der Waals surface area contributed by atoms with Gasteiger partial charge in [-0.25, -0.2) is 18.4 Å². The Morgan fingerprint density at radius 3 is 1.01 bits per heavy atom. The summed E-state index contributed by atoms with van der Waals surface area (Å²) in [4.78, 5) is 68.3. The molecule has 0 unspecified atom stereocenters. The number of nitrogens with zero attached hydrogens (tertiary/aromatic N) is 5. The fraction of sp³-hybridized carbons (Fsp3) is 0.241. The summed E-state index contributed by atoms with van der Waals surface area (Å²) in [6, 6.07) is 76.3. The fourth-order valence-electron chi connectivity index (χ4n) is 12.9. The number of nitro groups is 3. The van der Waals surface area contributed by atoms with Crippen molar-refractivity contribution >= 4 is 46.9 Å². The molecule has 0 radical (unpaired) electrons. The number of nitrogens with one attached hydrogen (secondary N) is 1. The number of methoxy groups -OCH3 is 8. The summed E-state index contributed by atoms with van der Waals surface area (Å²) < 4.78 is 130. The molecular weight excluding hydrogens is 1990 g/mol. The summed E-state index contributed by atoms with van der Waals surface area (Å²) in [7, 11) is 12.7. The van der Waals surface area contributed by atoms with E-state index in [9.17, 15) is 57.9 Å². The number of hydrogen-bond acceptors (Lipinski definition) is 29. The number of nitro benzene ring substituents is 3. The number of aromatic hydroxyl groups is 1. The minimum atomic E-state index is -1.16. The van der Waals surface area contributed by atoms with Crippen molar-refractivity contribution in [1.29, 1.82) is 0 Å². The third-order valence-corrected chi connectivity index (χ3v) is 20.0. The Morgan fingerprint density at radius 1 is 0.377 bits per heavy atom. The minimum Gasteiger partial charge on any atom is -0.508 e. The van der Waals surface area contributed by atoms with Crippen molar-refractivity contribution in [2.75, 3.05) is 87.6 Å². The molecule has 2 aliphatic heterocycles. The first kappa shape index (κ1) is 118. The molecule has 4 N–H and O–H groups in total. The molecule has 0 bridgehead atoms. The first-order chi connectivity index (χ1) is 68.5. The number of ether oxygens (including phenoxy) is 17. The number of halogens is 3. The van der Waals surface area contributed by atoms with E-state index in [1.807, 2.05) is 162 Å². The molecule has 778 valence electrons. The monoisotopic (exact) mass is 2110 g/mol. The summed E-state index contributed by atoms with van der Waals surface area (Å²) in [6.07, 6.45) is 3.63. The molecule has 2 aliphatic rings. The van der Waals surface area contributed by atoms with Crippen molar-refractivity contribution in [2.45, 2.75) is 97.9 Å². The van der Waals surface area contributed by atoms with Crippen LogP contribution >= 0.6 is 0 Å². The zero-order valence-electron chi connectivity index (χ0n) is 82.1. The van der Waals surface area contributed by atoms with Crippen LogP contribution in [-0.2, 0) is 34.7 Å². The van der Waals surface area contributed by atoms with Crippen LogP contribution in [0, 0.1) is 55.2 Å². The number of carbonyl (C=O) groups is 3. The minimum absolute atomic E-state index is 0. The average molecular weight is 2110 g/mol. The second-order valence-electron chi connectivity index (χ2n) is 32.5. The SMILES string of the molecule is C.CC(C)(C)OC(=O)N1CCC[C@H]1C=O.COc1ccc(O)cc1.COc1ccc(Oc2cc(F)ccc2[N+](=O)[O-])cc1.COc1ccc(Oc2ccc(N)c(Oc3ccc(OC)cc3)c2)cc1.COc1ccc(Oc2ccc(NC[C@@H]3CCCN3C(=O)OC(C)(C)C)c(Oc3ccc(OC)cc3)c2)cc1.COc1ccc(Oc2ccc([N+](=O)[O-])c(Oc3ccc(OC)cc3)c2)cc1.O=[N+]([O-])c1ccc(F)cc1F.[CH3-].[Pd]. The molecule has 13 aromatic carbocycles. The third kappa shape index (κ3) is 38.5. The molecule has 2 fully saturated rings. The molecule has 38 heteroatoms. The molecule has 146 heavy (non-hydrogen) atoms. The van der Waals surface area contributed by atoms with Gasteiger partial charge < -0.3 is 114 Å². The van der Waals surface area contributed by atoms with E-state index in [1.165, 1.54) is 30.2 Å². The van der Waals surface area contributed by atoms with Crippen molar-refractivity contribution in [3.8, 4) is 132 Å². The first-order valence-corrected chi connectivity index (χ1v) is 44.1. The molecule has 2 saturated heterocycles. The molecule has 13 aromatic rings. The van der Waals surface area contributed by atoms with Crippen LogP contribution in [0.25, 0.3) is 0 Å². The number of phenols is 1. The molecule has 2 heterocycles. The first-order valence-electron chi connectivity index (χ1n) is 44.1. The predicted octanol–water partition coefficient (Wildman–Crippen LogP) is 26.6. The summed E-state index contributed by atoms with van der Waals surface area (Å²) in [5.74, 6) is 10.2. The Hall–Kier alpha value is -16.9. The van der Waals surface area contributed by atoms with Crippen LogP contribution in [-0.4, -0.2) is 148 Å². The van der Waals surface area contributed by atoms with Gasteiger partial charge in [0.1, 0.15) is 138 Å². The number of carbonyl (C=O) groups excluding carboxylic acids is 3. The van der Waals surface area contributed by atoms with E-state index in [2.05, 4.69) is 5.32 Å². The Labute approximate surface area is 858 Å². The number of nitrogen functional groups attached to an aromatic ring is 1. The Bertz CT molecular complexity index is 6280. The summed E-state index contributed by atoms with van der Waals surface area (Å²) in [5, 5.41) is 44.4. The maximum atomic E-state index is 13.1. The van der Waals surface area contributed by atoms with Crippen LogP contribution in [0.5, 0.6) is 132 Å². The van der Waals surface area contributed by atoms with Crippen molar-refractivity contribution in [3.05, 3.63) is 340 Å². The van der Waals surface area contributed by atoms with Crippen LogP contribution in [0.15, 0.2) is 285 Å². The Kier molecular flexibility index (Phi) is 47.2. The third-order valence-electron chi connectivity index (χ3n) is 20.0. The van der Waals surface area contributed by atoms with Gasteiger partial charge in [-0.2, -0.15) is 4.39 Å². The molecule has 2 atom stereocenters. The Balaban J connectivity index is 0.000000271. The molecule has 0 aliphatic carbocycles. The fourth-order valence-corrected chi connectivity index (χ4v) is 12.9. The van der Waals surface area contributed by atoms with E-state index in [-0.39, 0.29) is 88.2 Å². The maximum Gasteiger partial charge on any atom is 0.410 e. The summed E-state index contributed by atoms with van der Waals surface area (Å²) >= 11 is 0. The van der Waals surface area contributed by atoms with Gasteiger partial charge in [0, 0.05) is 88.6 Å². The number of nitrogens with two attached hydrogens (primary N) is 1. The molecular formula is C108H117F3N7O27Pd-. The number of benzene rings is 13. The summed E-state index contributed by atoms with van der Waals surface area (Å²) in [5.41, 5.74) is 5.13. The van der Waals surface area contributed by atoms with Gasteiger partial charge in [-0.15, -0.1) is 0 Å². The number of phenolic OH excluding ortho intramolecular Hbond substituents is 1. The number of hydrogen-bond donors (Lipinski definition) is 3. The van der Waals surface area contributed by atoms with Crippen LogP contribution < -0.4 is 82.1 Å². The predicted molar refractivity (Wildman–Crippen MR) is 542 cm³/mol. The van der Waals surface area contributed by atoms with Gasteiger partial charge >= 0.3 is 29.2 Å². The zero-order valence-corrected chi connectivity index (χ0v) is 83.7. The number of aldehydes is 1. The van der Waals surface area contributed by atoms with Gasteiger partial charge in [0.2, 0.25) is 17.3 Å². The van der Waals surface area contributed by atoms with E-state index in [0.29, 0.717) is 118 Å². The van der Waals surface area contributed by atoms with Crippen LogP contribution in [0.3, 0.4) is 0 Å². The van der Waals surface area contributed by atoms with E-state index >= 15 is 0 Å².